The molecule has 0 fully saturated rings. The van der Waals surface area contributed by atoms with Crippen molar-refractivity contribution in [3.8, 4) is 5.88 Å². The number of benzene rings is 1. The molecule has 0 bridgehead atoms. The minimum Gasteiger partial charge on any atom is -0.494 e. The van der Waals surface area contributed by atoms with Crippen molar-refractivity contribution in [2.75, 3.05) is 0 Å². The number of furan rings is 1. The molecule has 0 aliphatic heterocycles. The molecule has 25 heavy (non-hydrogen) atoms. The van der Waals surface area contributed by atoms with Crippen molar-refractivity contribution in [1.29, 1.82) is 0 Å². The molecule has 0 saturated heterocycles. The smallest absolute Gasteiger partial charge is 0.329 e. The maximum absolute atomic E-state index is 12.7. The Morgan fingerprint density at radius 2 is 1.96 bits per heavy atom. The number of nitrogens with one attached hydrogen (secondary N) is 1. The van der Waals surface area contributed by atoms with Crippen LogP contribution in [0.25, 0.3) is 10.9 Å². The number of hydrogen-bond donors (Lipinski definition) is 2. The summed E-state index contributed by atoms with van der Waals surface area (Å²) in [5.74, 6) is -0.928. The zero-order valence-corrected chi connectivity index (χ0v) is 14.7. The van der Waals surface area contributed by atoms with Crippen molar-refractivity contribution >= 4 is 34.3 Å². The molecule has 0 aliphatic carbocycles. The van der Waals surface area contributed by atoms with Crippen LogP contribution in [-0.4, -0.2) is 27.0 Å². The summed E-state index contributed by atoms with van der Waals surface area (Å²) in [5, 5.41) is 14.2. The number of hydrogen-bond acceptors (Lipinski definition) is 4. The molecule has 7 heteroatoms. The summed E-state index contributed by atoms with van der Waals surface area (Å²) < 4.78 is 6.19. The second-order valence-corrected chi connectivity index (χ2v) is 7.12. The van der Waals surface area contributed by atoms with E-state index in [1.54, 1.807) is 18.2 Å². The van der Waals surface area contributed by atoms with E-state index in [1.165, 1.54) is 18.4 Å². The largest absolute Gasteiger partial charge is 0.494 e. The van der Waals surface area contributed by atoms with Gasteiger partial charge < -0.3 is 14.8 Å². The normalized spacial score (nSPS) is 11.7. The maximum atomic E-state index is 12.7. The molecule has 0 unspecified atom stereocenters. The third kappa shape index (κ3) is 3.13. The van der Waals surface area contributed by atoms with E-state index in [-0.39, 0.29) is 11.3 Å². The average molecular weight is 361 g/mol. The molecule has 0 aliphatic rings. The predicted molar refractivity (Wildman–Crippen MR) is 94.4 cm³/mol. The minimum absolute atomic E-state index is 0.0310. The highest BCUT2D eigenvalue weighted by molar-refractivity contribution is 6.32. The van der Waals surface area contributed by atoms with Gasteiger partial charge in [-0.25, -0.2) is 9.36 Å². The number of carbonyl (C=O) groups excluding carboxylic acids is 2. The number of carbonyl (C=O) groups is 2. The molecule has 130 valence electrons. The van der Waals surface area contributed by atoms with Gasteiger partial charge in [-0.05, 0) is 51.1 Å². The maximum Gasteiger partial charge on any atom is 0.329 e. The molecule has 6 nitrogen and oxygen atoms in total. The Morgan fingerprint density at radius 3 is 2.56 bits per heavy atom. The summed E-state index contributed by atoms with van der Waals surface area (Å²) in [4.78, 5) is 25.4. The molecule has 3 aromatic rings. The molecule has 1 aromatic carbocycles. The van der Waals surface area contributed by atoms with E-state index in [9.17, 15) is 14.7 Å². The Hall–Kier alpha value is -2.73. The minimum atomic E-state index is -0.546. The number of ketones is 1. The van der Waals surface area contributed by atoms with Crippen molar-refractivity contribution in [3.05, 3.63) is 52.9 Å². The summed E-state index contributed by atoms with van der Waals surface area (Å²) in [6.07, 6.45) is 1.36. The van der Waals surface area contributed by atoms with Crippen molar-refractivity contribution in [2.24, 2.45) is 0 Å². The lowest BCUT2D eigenvalue weighted by atomic mass is 10.1. The van der Waals surface area contributed by atoms with Gasteiger partial charge in [-0.3, -0.25) is 4.79 Å². The molecular weight excluding hydrogens is 344 g/mol. The van der Waals surface area contributed by atoms with Crippen LogP contribution in [0.1, 0.15) is 36.9 Å². The van der Waals surface area contributed by atoms with Gasteiger partial charge in [-0.1, -0.05) is 11.6 Å². The summed E-state index contributed by atoms with van der Waals surface area (Å²) in [7, 11) is 0. The van der Waals surface area contributed by atoms with E-state index in [1.807, 2.05) is 20.8 Å². The van der Waals surface area contributed by atoms with Crippen LogP contribution in [0.4, 0.5) is 4.79 Å². The highest BCUT2D eigenvalue weighted by Gasteiger charge is 2.29. The standard InChI is InChI=1S/C18H17ClN2O4/c1-18(2,3)20-17(24)21-12-7-6-10(19)9-11(12)14(16(21)23)15(22)13-5-4-8-25-13/h4-9,23H,1-3H3,(H,20,24). The SMILES string of the molecule is CC(C)(C)NC(=O)n1c(O)c(C(=O)c2ccco2)c2cc(Cl)ccc21. The van der Waals surface area contributed by atoms with E-state index in [2.05, 4.69) is 5.32 Å². The first-order chi connectivity index (χ1) is 11.7. The molecule has 2 aromatic heterocycles. The van der Waals surface area contributed by atoms with Crippen LogP contribution in [0.15, 0.2) is 41.0 Å². The fraction of sp³-hybridized carbons (Fsp3) is 0.222. The first-order valence-electron chi connectivity index (χ1n) is 7.62. The van der Waals surface area contributed by atoms with E-state index < -0.39 is 23.2 Å². The number of nitrogens with zero attached hydrogens (tertiary/aromatic N) is 1. The molecule has 0 radical (unpaired) electrons. The van der Waals surface area contributed by atoms with Crippen LogP contribution in [0.3, 0.4) is 0 Å². The Bertz CT molecular complexity index is 965. The quantitative estimate of drug-likeness (QED) is 0.671. The number of amides is 1. The summed E-state index contributed by atoms with van der Waals surface area (Å²) in [6, 6.07) is 7.22. The second kappa shape index (κ2) is 5.97. The fourth-order valence-corrected chi connectivity index (χ4v) is 2.76. The molecular formula is C18H17ClN2O4. The molecule has 0 atom stereocenters. The van der Waals surface area contributed by atoms with Gasteiger partial charge in [0.05, 0.1) is 17.3 Å². The number of aromatic nitrogens is 1. The van der Waals surface area contributed by atoms with E-state index in [0.717, 1.165) is 4.57 Å². The van der Waals surface area contributed by atoms with Crippen molar-refractivity contribution in [2.45, 2.75) is 26.3 Å². The number of aromatic hydroxyl groups is 1. The van der Waals surface area contributed by atoms with Crippen LogP contribution < -0.4 is 5.32 Å². The van der Waals surface area contributed by atoms with Crippen molar-refractivity contribution < 1.29 is 19.1 Å². The second-order valence-electron chi connectivity index (χ2n) is 6.68. The number of halogens is 1. The average Bonchev–Trinajstić information content (AvgIpc) is 3.10. The number of fused-ring (bicyclic) bond motifs is 1. The Kier molecular flexibility index (Phi) is 4.08. The van der Waals surface area contributed by atoms with E-state index in [4.69, 9.17) is 16.0 Å². The lowest BCUT2D eigenvalue weighted by molar-refractivity contribution is 0.101. The first kappa shape index (κ1) is 17.1. The summed E-state index contributed by atoms with van der Waals surface area (Å²) in [5.41, 5.74) is -0.173. The summed E-state index contributed by atoms with van der Waals surface area (Å²) in [6.45, 7) is 5.46. The van der Waals surface area contributed by atoms with Crippen molar-refractivity contribution in [1.82, 2.24) is 9.88 Å². The van der Waals surface area contributed by atoms with Crippen LogP contribution >= 0.6 is 11.6 Å². The lowest BCUT2D eigenvalue weighted by Gasteiger charge is -2.21. The lowest BCUT2D eigenvalue weighted by Crippen LogP contribution is -2.42. The van der Waals surface area contributed by atoms with E-state index >= 15 is 0 Å². The summed E-state index contributed by atoms with van der Waals surface area (Å²) >= 11 is 6.04. The Balaban J connectivity index is 2.24. The topological polar surface area (TPSA) is 84.5 Å². The van der Waals surface area contributed by atoms with Gasteiger partial charge in [0, 0.05) is 15.9 Å². The van der Waals surface area contributed by atoms with Gasteiger partial charge in [-0.15, -0.1) is 0 Å². The number of rotatable bonds is 2. The zero-order chi connectivity index (χ0) is 18.4. The van der Waals surface area contributed by atoms with E-state index in [0.29, 0.717) is 15.9 Å². The highest BCUT2D eigenvalue weighted by Crippen LogP contribution is 2.34. The monoisotopic (exact) mass is 360 g/mol. The molecule has 1 amide bonds. The van der Waals surface area contributed by atoms with Gasteiger partial charge in [0.1, 0.15) is 0 Å². The van der Waals surface area contributed by atoms with Crippen LogP contribution in [-0.2, 0) is 0 Å². The third-order valence-electron chi connectivity index (χ3n) is 3.56. The van der Waals surface area contributed by atoms with Gasteiger partial charge in [-0.2, -0.15) is 0 Å². The highest BCUT2D eigenvalue weighted by atomic mass is 35.5. The zero-order valence-electron chi connectivity index (χ0n) is 14.0. The van der Waals surface area contributed by atoms with Crippen LogP contribution in [0.5, 0.6) is 5.88 Å². The van der Waals surface area contributed by atoms with Crippen LogP contribution in [0, 0.1) is 0 Å². The van der Waals surface area contributed by atoms with Crippen molar-refractivity contribution in [3.63, 3.8) is 0 Å². The molecule has 0 spiro atoms. The Labute approximate surface area is 149 Å². The molecule has 0 saturated carbocycles. The molecule has 3 rings (SSSR count). The van der Waals surface area contributed by atoms with Gasteiger partial charge in [0.25, 0.3) is 0 Å². The van der Waals surface area contributed by atoms with Gasteiger partial charge >= 0.3 is 6.03 Å². The molecule has 2 N–H and O–H groups in total. The Morgan fingerprint density at radius 1 is 1.24 bits per heavy atom. The van der Waals surface area contributed by atoms with Gasteiger partial charge in [0.2, 0.25) is 11.7 Å². The molecule has 2 heterocycles. The predicted octanol–water partition coefficient (Wildman–Crippen LogP) is 4.18. The fourth-order valence-electron chi connectivity index (χ4n) is 2.59. The van der Waals surface area contributed by atoms with Gasteiger partial charge in [0.15, 0.2) is 5.76 Å². The first-order valence-corrected chi connectivity index (χ1v) is 8.00. The van der Waals surface area contributed by atoms with Crippen LogP contribution in [0.2, 0.25) is 5.02 Å². The third-order valence-corrected chi connectivity index (χ3v) is 3.80.